The zero-order chi connectivity index (χ0) is 12.1. The summed E-state index contributed by atoms with van der Waals surface area (Å²) in [6, 6.07) is 3.13. The average molecular weight is 220 g/mol. The molecule has 0 amide bonds. The summed E-state index contributed by atoms with van der Waals surface area (Å²) in [4.78, 5) is 15.3. The maximum Gasteiger partial charge on any atom is 0.335 e. The van der Waals surface area contributed by atoms with E-state index in [1.807, 2.05) is 13.8 Å². The molecule has 4 heteroatoms. The molecule has 0 fully saturated rings. The molecule has 0 spiro atoms. The second-order valence-electron chi connectivity index (χ2n) is 3.80. The summed E-state index contributed by atoms with van der Waals surface area (Å²) in [6.45, 7) is 8.10. The summed E-state index contributed by atoms with van der Waals surface area (Å²) < 4.78 is 0. The highest BCUT2D eigenvalue weighted by Gasteiger charge is 2.10. The Hall–Kier alpha value is -1.84. The van der Waals surface area contributed by atoms with Crippen molar-refractivity contribution in [2.24, 2.45) is 0 Å². The molecule has 0 unspecified atom stereocenters. The van der Waals surface area contributed by atoms with Crippen LogP contribution in [0.4, 0.5) is 5.82 Å². The number of aromatic nitrogens is 1. The summed E-state index contributed by atoms with van der Waals surface area (Å²) >= 11 is 0. The molecule has 0 saturated heterocycles. The molecule has 1 rings (SSSR count). The Balaban J connectivity index is 3.08. The summed E-state index contributed by atoms with van der Waals surface area (Å²) in [6.07, 6.45) is 1.70. The second-order valence-corrected chi connectivity index (χ2v) is 3.80. The maximum absolute atomic E-state index is 10.9. The van der Waals surface area contributed by atoms with Crippen molar-refractivity contribution in [1.29, 1.82) is 0 Å². The van der Waals surface area contributed by atoms with E-state index in [1.54, 1.807) is 12.1 Å². The van der Waals surface area contributed by atoms with Gasteiger partial charge in [0.25, 0.3) is 0 Å². The van der Waals surface area contributed by atoms with Crippen molar-refractivity contribution in [3.05, 3.63) is 36.0 Å². The minimum absolute atomic E-state index is 0.198. The van der Waals surface area contributed by atoms with E-state index in [4.69, 9.17) is 5.11 Å². The molecule has 0 radical (unpaired) electrons. The zero-order valence-electron chi connectivity index (χ0n) is 9.53. The van der Waals surface area contributed by atoms with Crippen LogP contribution in [0.2, 0.25) is 0 Å². The first-order chi connectivity index (χ1) is 7.54. The molecule has 0 aliphatic carbocycles. The van der Waals surface area contributed by atoms with Crippen LogP contribution in [0.25, 0.3) is 0 Å². The van der Waals surface area contributed by atoms with Gasteiger partial charge in [-0.2, -0.15) is 0 Å². The highest BCUT2D eigenvalue weighted by molar-refractivity contribution is 5.88. The van der Waals surface area contributed by atoms with E-state index in [0.29, 0.717) is 12.4 Å². The molecule has 0 saturated carbocycles. The quantitative estimate of drug-likeness (QED) is 0.748. The number of anilines is 1. The van der Waals surface area contributed by atoms with Gasteiger partial charge in [-0.05, 0) is 18.1 Å². The Labute approximate surface area is 95.0 Å². The summed E-state index contributed by atoms with van der Waals surface area (Å²) in [5.74, 6) is -0.168. The predicted molar refractivity (Wildman–Crippen MR) is 64.0 cm³/mol. The largest absolute Gasteiger partial charge is 0.478 e. The van der Waals surface area contributed by atoms with Gasteiger partial charge < -0.3 is 10.4 Å². The lowest BCUT2D eigenvalue weighted by Crippen LogP contribution is -2.07. The molecule has 0 aromatic carbocycles. The maximum atomic E-state index is 10.9. The summed E-state index contributed by atoms with van der Waals surface area (Å²) in [5.41, 5.74) is 1.02. The predicted octanol–water partition coefficient (Wildman–Crippen LogP) is 2.50. The van der Waals surface area contributed by atoms with E-state index in [1.165, 1.54) is 6.07 Å². The van der Waals surface area contributed by atoms with Gasteiger partial charge in [-0.1, -0.05) is 19.9 Å². The molecule has 4 nitrogen and oxygen atoms in total. The molecule has 1 aromatic heterocycles. The van der Waals surface area contributed by atoms with Gasteiger partial charge in [0, 0.05) is 12.2 Å². The van der Waals surface area contributed by atoms with Crippen molar-refractivity contribution >= 4 is 11.8 Å². The molecule has 86 valence electrons. The fourth-order valence-electron chi connectivity index (χ4n) is 1.24. The van der Waals surface area contributed by atoms with Crippen LogP contribution in [-0.4, -0.2) is 22.6 Å². The van der Waals surface area contributed by atoms with Crippen LogP contribution in [0, 0.1) is 0 Å². The fraction of sp³-hybridized carbons (Fsp3) is 0.333. The van der Waals surface area contributed by atoms with Gasteiger partial charge in [0.05, 0.1) is 5.56 Å². The van der Waals surface area contributed by atoms with Crippen molar-refractivity contribution in [3.63, 3.8) is 0 Å². The molecule has 1 aromatic rings. The molecule has 2 N–H and O–H groups in total. The molecule has 16 heavy (non-hydrogen) atoms. The van der Waals surface area contributed by atoms with Crippen LogP contribution < -0.4 is 5.32 Å². The van der Waals surface area contributed by atoms with Gasteiger partial charge in [-0.25, -0.2) is 9.78 Å². The smallest absolute Gasteiger partial charge is 0.335 e. The summed E-state index contributed by atoms with van der Waals surface area (Å²) in [5, 5.41) is 12.0. The van der Waals surface area contributed by atoms with Crippen LogP contribution in [-0.2, 0) is 0 Å². The van der Waals surface area contributed by atoms with E-state index in [0.717, 1.165) is 5.69 Å². The zero-order valence-corrected chi connectivity index (χ0v) is 9.53. The van der Waals surface area contributed by atoms with Gasteiger partial charge in [0.15, 0.2) is 0 Å². The fourth-order valence-corrected chi connectivity index (χ4v) is 1.24. The molecule has 0 atom stereocenters. The van der Waals surface area contributed by atoms with E-state index in [9.17, 15) is 4.79 Å². The molecule has 1 heterocycles. The third-order valence-corrected chi connectivity index (χ3v) is 2.11. The Morgan fingerprint density at radius 2 is 2.31 bits per heavy atom. The van der Waals surface area contributed by atoms with Gasteiger partial charge >= 0.3 is 5.97 Å². The minimum Gasteiger partial charge on any atom is -0.478 e. The lowest BCUT2D eigenvalue weighted by Gasteiger charge is -2.09. The van der Waals surface area contributed by atoms with Gasteiger partial charge in [-0.15, -0.1) is 6.58 Å². The Bertz CT molecular complexity index is 400. The van der Waals surface area contributed by atoms with E-state index < -0.39 is 5.97 Å². The highest BCUT2D eigenvalue weighted by atomic mass is 16.4. The first kappa shape index (κ1) is 12.2. The van der Waals surface area contributed by atoms with E-state index in [2.05, 4.69) is 16.9 Å². The Morgan fingerprint density at radius 3 is 2.81 bits per heavy atom. The number of aromatic carboxylic acids is 1. The lowest BCUT2D eigenvalue weighted by molar-refractivity contribution is 0.0696. The van der Waals surface area contributed by atoms with Crippen LogP contribution in [0.15, 0.2) is 24.8 Å². The van der Waals surface area contributed by atoms with Gasteiger partial charge in [0.2, 0.25) is 0 Å². The highest BCUT2D eigenvalue weighted by Crippen LogP contribution is 2.17. The van der Waals surface area contributed by atoms with Gasteiger partial charge in [0.1, 0.15) is 5.82 Å². The van der Waals surface area contributed by atoms with Crippen molar-refractivity contribution in [2.75, 3.05) is 11.9 Å². The number of hydrogen-bond donors (Lipinski definition) is 2. The van der Waals surface area contributed by atoms with Crippen molar-refractivity contribution in [2.45, 2.75) is 19.8 Å². The normalized spacial score (nSPS) is 10.2. The van der Waals surface area contributed by atoms with E-state index >= 15 is 0 Å². The standard InChI is InChI=1S/C12H16N2O2/c1-4-5-13-11-7-9(12(15)16)6-10(14-11)8(2)3/h4,6-8H,1,5H2,2-3H3,(H,13,14)(H,15,16). The number of carboxylic acid groups (broad SMARTS) is 1. The number of rotatable bonds is 5. The number of nitrogens with one attached hydrogen (secondary N) is 1. The van der Waals surface area contributed by atoms with Crippen molar-refractivity contribution in [1.82, 2.24) is 4.98 Å². The Kier molecular flexibility index (Phi) is 4.05. The molecule has 0 aliphatic heterocycles. The molecule has 0 aliphatic rings. The lowest BCUT2D eigenvalue weighted by atomic mass is 10.1. The molecular formula is C12H16N2O2. The van der Waals surface area contributed by atoms with Gasteiger partial charge in [-0.3, -0.25) is 0 Å². The minimum atomic E-state index is -0.939. The average Bonchev–Trinajstić information content (AvgIpc) is 2.25. The molecular weight excluding hydrogens is 204 g/mol. The van der Waals surface area contributed by atoms with E-state index in [-0.39, 0.29) is 11.5 Å². The third-order valence-electron chi connectivity index (χ3n) is 2.11. The van der Waals surface area contributed by atoms with Crippen LogP contribution in [0.5, 0.6) is 0 Å². The first-order valence-electron chi connectivity index (χ1n) is 5.14. The molecule has 0 bridgehead atoms. The number of hydrogen-bond acceptors (Lipinski definition) is 3. The van der Waals surface area contributed by atoms with Crippen LogP contribution in [0.1, 0.15) is 35.8 Å². The van der Waals surface area contributed by atoms with Crippen LogP contribution >= 0.6 is 0 Å². The summed E-state index contributed by atoms with van der Waals surface area (Å²) in [7, 11) is 0. The SMILES string of the molecule is C=CCNc1cc(C(=O)O)cc(C(C)C)n1. The number of carbonyl (C=O) groups is 1. The monoisotopic (exact) mass is 220 g/mol. The van der Waals surface area contributed by atoms with Crippen LogP contribution in [0.3, 0.4) is 0 Å². The second kappa shape index (κ2) is 5.30. The Morgan fingerprint density at radius 1 is 1.62 bits per heavy atom. The first-order valence-corrected chi connectivity index (χ1v) is 5.14. The van der Waals surface area contributed by atoms with Crippen molar-refractivity contribution in [3.8, 4) is 0 Å². The number of carboxylic acids is 1. The third kappa shape index (κ3) is 3.08. The number of pyridine rings is 1. The topological polar surface area (TPSA) is 62.2 Å². The number of nitrogens with zero attached hydrogens (tertiary/aromatic N) is 1. The van der Waals surface area contributed by atoms with Crippen molar-refractivity contribution < 1.29 is 9.90 Å².